The topological polar surface area (TPSA) is 86.0 Å². The van der Waals surface area contributed by atoms with Gasteiger partial charge in [0.05, 0.1) is 30.6 Å². The normalized spacial score (nSPS) is 14.7. The number of pyridine rings is 3. The quantitative estimate of drug-likeness (QED) is 0.279. The lowest BCUT2D eigenvalue weighted by atomic mass is 9.89. The number of rotatable bonds is 5. The fourth-order valence-corrected chi connectivity index (χ4v) is 4.92. The van der Waals surface area contributed by atoms with Crippen molar-refractivity contribution in [2.75, 3.05) is 25.1 Å². The molecule has 0 N–H and O–H groups in total. The number of nitrogens with zero attached hydrogens (tertiary/aromatic N) is 6. The van der Waals surface area contributed by atoms with Crippen LogP contribution >= 0.6 is 0 Å². The summed E-state index contributed by atoms with van der Waals surface area (Å²) in [6.07, 6.45) is 0.529. The van der Waals surface area contributed by atoms with Crippen LogP contribution in [0, 0.1) is 12.9 Å². The van der Waals surface area contributed by atoms with Gasteiger partial charge in [-0.05, 0) is 43.9 Å². The highest BCUT2D eigenvalue weighted by atomic mass is 19.4. The summed E-state index contributed by atoms with van der Waals surface area (Å²) in [5.41, 5.74) is 0.175. The van der Waals surface area contributed by atoms with Crippen molar-refractivity contribution in [2.45, 2.75) is 38.4 Å². The fourth-order valence-electron chi connectivity index (χ4n) is 4.92. The van der Waals surface area contributed by atoms with Crippen molar-refractivity contribution in [1.82, 2.24) is 24.5 Å². The van der Waals surface area contributed by atoms with Crippen molar-refractivity contribution in [3.05, 3.63) is 81.7 Å². The van der Waals surface area contributed by atoms with Crippen LogP contribution in [0.15, 0.2) is 47.7 Å². The third kappa shape index (κ3) is 4.77. The van der Waals surface area contributed by atoms with E-state index in [0.717, 1.165) is 6.07 Å². The summed E-state index contributed by atoms with van der Waals surface area (Å²) in [4.78, 5) is 32.0. The SMILES string of the molecule is COc1ccnc(F)c1N1CCC(c2cc3ncc(C)nc3n(Cc3ncccc3C(F)(F)F)c2=O)CC1. The largest absolute Gasteiger partial charge is 0.494 e. The summed E-state index contributed by atoms with van der Waals surface area (Å²) in [5.74, 6) is -0.489. The lowest BCUT2D eigenvalue weighted by molar-refractivity contribution is -0.138. The molecule has 0 radical (unpaired) electrons. The number of methoxy groups -OCH3 is 1. The molecule has 4 aromatic heterocycles. The van der Waals surface area contributed by atoms with Gasteiger partial charge in [0.2, 0.25) is 5.95 Å². The van der Waals surface area contributed by atoms with E-state index in [4.69, 9.17) is 4.74 Å². The van der Waals surface area contributed by atoms with Crippen molar-refractivity contribution >= 4 is 16.9 Å². The Bertz CT molecular complexity index is 1550. The van der Waals surface area contributed by atoms with E-state index in [-0.39, 0.29) is 22.9 Å². The molecule has 0 saturated carbocycles. The van der Waals surface area contributed by atoms with Gasteiger partial charge >= 0.3 is 6.18 Å². The Labute approximate surface area is 215 Å². The number of alkyl halides is 3. The number of ether oxygens (including phenoxy) is 1. The van der Waals surface area contributed by atoms with Gasteiger partial charge in [0.25, 0.3) is 5.56 Å². The summed E-state index contributed by atoms with van der Waals surface area (Å²) >= 11 is 0. The number of anilines is 1. The van der Waals surface area contributed by atoms with Gasteiger partial charge in [-0.3, -0.25) is 19.3 Å². The number of aryl methyl sites for hydroxylation is 1. The predicted octanol–water partition coefficient (Wildman–Crippen LogP) is 4.49. The summed E-state index contributed by atoms with van der Waals surface area (Å²) < 4.78 is 62.0. The maximum absolute atomic E-state index is 14.5. The molecule has 38 heavy (non-hydrogen) atoms. The first-order valence-corrected chi connectivity index (χ1v) is 12.0. The Balaban J connectivity index is 1.52. The Kier molecular flexibility index (Phi) is 6.72. The van der Waals surface area contributed by atoms with Gasteiger partial charge in [0.1, 0.15) is 17.0 Å². The van der Waals surface area contributed by atoms with Crippen molar-refractivity contribution in [1.29, 1.82) is 0 Å². The minimum atomic E-state index is -4.63. The maximum Gasteiger partial charge on any atom is 0.418 e. The lowest BCUT2D eigenvalue weighted by Crippen LogP contribution is -2.36. The van der Waals surface area contributed by atoms with Gasteiger partial charge in [0.15, 0.2) is 5.65 Å². The standard InChI is InChI=1S/C26H24F4N6O2/c1-15-13-33-19-12-17(16-6-10-35(11-7-16)22-21(38-2)5-9-32-23(22)27)25(37)36(24(19)34-15)14-20-18(26(28,29)30)4-3-8-31-20/h3-5,8-9,12-13,16H,6-7,10-11,14H2,1-2H3. The Hall–Kier alpha value is -4.09. The highest BCUT2D eigenvalue weighted by Crippen LogP contribution is 2.36. The second-order valence-corrected chi connectivity index (χ2v) is 9.12. The van der Waals surface area contributed by atoms with E-state index in [9.17, 15) is 22.4 Å². The average molecular weight is 529 g/mol. The van der Waals surface area contributed by atoms with Gasteiger partial charge in [-0.2, -0.15) is 17.6 Å². The first kappa shape index (κ1) is 25.6. The van der Waals surface area contributed by atoms with Crippen LogP contribution in [0.4, 0.5) is 23.2 Å². The fraction of sp³-hybridized carbons (Fsp3) is 0.346. The van der Waals surface area contributed by atoms with Crippen molar-refractivity contribution < 1.29 is 22.3 Å². The number of hydrogen-bond acceptors (Lipinski definition) is 7. The van der Waals surface area contributed by atoms with Gasteiger partial charge in [-0.15, -0.1) is 0 Å². The van der Waals surface area contributed by atoms with Gasteiger partial charge < -0.3 is 9.64 Å². The molecular weight excluding hydrogens is 504 g/mol. The third-order valence-electron chi connectivity index (χ3n) is 6.76. The molecule has 12 heteroatoms. The molecular formula is C26H24F4N6O2. The zero-order valence-corrected chi connectivity index (χ0v) is 20.7. The molecule has 5 heterocycles. The van der Waals surface area contributed by atoms with Crippen LogP contribution in [0.1, 0.15) is 41.3 Å². The summed E-state index contributed by atoms with van der Waals surface area (Å²) in [7, 11) is 1.46. The monoisotopic (exact) mass is 528 g/mol. The van der Waals surface area contributed by atoms with Gasteiger partial charge in [-0.1, -0.05) is 0 Å². The number of piperidine rings is 1. The van der Waals surface area contributed by atoms with E-state index in [2.05, 4.69) is 19.9 Å². The first-order chi connectivity index (χ1) is 18.2. The molecule has 0 spiro atoms. The number of hydrogen-bond donors (Lipinski definition) is 0. The van der Waals surface area contributed by atoms with Crippen molar-refractivity contribution in [3.8, 4) is 5.75 Å². The van der Waals surface area contributed by atoms with E-state index >= 15 is 0 Å². The number of halogens is 4. The van der Waals surface area contributed by atoms with E-state index in [1.807, 2.05) is 4.90 Å². The smallest absolute Gasteiger partial charge is 0.418 e. The molecule has 0 bridgehead atoms. The molecule has 5 rings (SSSR count). The molecule has 1 aliphatic heterocycles. The second kappa shape index (κ2) is 9.99. The molecule has 4 aromatic rings. The third-order valence-corrected chi connectivity index (χ3v) is 6.76. The van der Waals surface area contributed by atoms with Crippen LogP contribution in [0.2, 0.25) is 0 Å². The van der Waals surface area contributed by atoms with E-state index in [0.29, 0.717) is 48.5 Å². The summed E-state index contributed by atoms with van der Waals surface area (Å²) in [5, 5.41) is 0. The van der Waals surface area contributed by atoms with Crippen molar-refractivity contribution in [2.24, 2.45) is 0 Å². The van der Waals surface area contributed by atoms with Crippen molar-refractivity contribution in [3.63, 3.8) is 0 Å². The predicted molar refractivity (Wildman–Crippen MR) is 132 cm³/mol. The van der Waals surface area contributed by atoms with Crippen LogP contribution in [-0.4, -0.2) is 44.7 Å². The molecule has 1 saturated heterocycles. The van der Waals surface area contributed by atoms with Crippen LogP contribution in [0.3, 0.4) is 0 Å². The molecule has 1 aliphatic rings. The van der Waals surface area contributed by atoms with Crippen LogP contribution in [0.25, 0.3) is 11.2 Å². The second-order valence-electron chi connectivity index (χ2n) is 9.12. The molecule has 1 fully saturated rings. The van der Waals surface area contributed by atoms with Crippen LogP contribution in [0.5, 0.6) is 5.75 Å². The number of aromatic nitrogens is 5. The molecule has 198 valence electrons. The maximum atomic E-state index is 14.5. The minimum Gasteiger partial charge on any atom is -0.494 e. The van der Waals surface area contributed by atoms with Crippen LogP contribution in [-0.2, 0) is 12.7 Å². The molecule has 0 unspecified atom stereocenters. The summed E-state index contributed by atoms with van der Waals surface area (Å²) in [6.45, 7) is 2.14. The summed E-state index contributed by atoms with van der Waals surface area (Å²) in [6, 6.07) is 5.40. The number of fused-ring (bicyclic) bond motifs is 1. The lowest BCUT2D eigenvalue weighted by Gasteiger charge is -2.34. The molecule has 8 nitrogen and oxygen atoms in total. The molecule has 0 amide bonds. The van der Waals surface area contributed by atoms with E-state index < -0.39 is 29.8 Å². The Morgan fingerprint density at radius 2 is 1.87 bits per heavy atom. The van der Waals surface area contributed by atoms with E-state index in [1.54, 1.807) is 25.3 Å². The molecule has 0 aromatic carbocycles. The minimum absolute atomic E-state index is 0.192. The van der Waals surface area contributed by atoms with Crippen LogP contribution < -0.4 is 15.2 Å². The first-order valence-electron chi connectivity index (χ1n) is 12.0. The van der Waals surface area contributed by atoms with Gasteiger partial charge in [-0.25, -0.2) is 9.97 Å². The van der Waals surface area contributed by atoms with Gasteiger partial charge in [0, 0.05) is 43.3 Å². The Morgan fingerprint density at radius 1 is 1.11 bits per heavy atom. The zero-order valence-electron chi connectivity index (χ0n) is 20.7. The highest BCUT2D eigenvalue weighted by molar-refractivity contribution is 5.71. The average Bonchev–Trinajstić information content (AvgIpc) is 2.90. The zero-order chi connectivity index (χ0) is 27.0. The Morgan fingerprint density at radius 3 is 2.58 bits per heavy atom. The molecule has 0 atom stereocenters. The molecule has 0 aliphatic carbocycles. The highest BCUT2D eigenvalue weighted by Gasteiger charge is 2.34. The van der Waals surface area contributed by atoms with E-state index in [1.165, 1.54) is 30.1 Å².